The molecule has 0 fully saturated rings. The van der Waals surface area contributed by atoms with Gasteiger partial charge in [0.15, 0.2) is 12.5 Å². The minimum Gasteiger partial charge on any atom is -0.457 e. The van der Waals surface area contributed by atoms with Crippen LogP contribution in [-0.2, 0) is 0 Å². The fourth-order valence-corrected chi connectivity index (χ4v) is 1.61. The summed E-state index contributed by atoms with van der Waals surface area (Å²) in [6, 6.07) is 14.5. The fourth-order valence-electron chi connectivity index (χ4n) is 1.61. The molecule has 4 N–H and O–H groups in total. The molecular weight excluding hydrogens is 258 g/mol. The molecule has 0 aliphatic rings. The van der Waals surface area contributed by atoms with E-state index in [9.17, 15) is 5.11 Å². The third-order valence-electron chi connectivity index (χ3n) is 2.71. The molecule has 20 heavy (non-hydrogen) atoms. The highest BCUT2D eigenvalue weighted by Crippen LogP contribution is 2.23. The Morgan fingerprint density at radius 3 is 1.85 bits per heavy atom. The van der Waals surface area contributed by atoms with Gasteiger partial charge in [-0.25, -0.2) is 0 Å². The van der Waals surface area contributed by atoms with Crippen LogP contribution < -0.4 is 10.1 Å². The molecule has 0 bridgehead atoms. The van der Waals surface area contributed by atoms with Crippen molar-refractivity contribution in [3.05, 3.63) is 54.1 Å². The van der Waals surface area contributed by atoms with E-state index in [-0.39, 0.29) is 0 Å². The van der Waals surface area contributed by atoms with Gasteiger partial charge in [-0.1, -0.05) is 17.7 Å². The van der Waals surface area contributed by atoms with E-state index in [2.05, 4.69) is 5.32 Å². The Kier molecular flexibility index (Phi) is 4.57. The number of hydrogen-bond acceptors (Lipinski definition) is 5. The Morgan fingerprint density at radius 1 is 0.850 bits per heavy atom. The van der Waals surface area contributed by atoms with Gasteiger partial charge in [0.25, 0.3) is 0 Å². The lowest BCUT2D eigenvalue weighted by Crippen LogP contribution is -2.32. The molecule has 0 saturated carbocycles. The normalized spacial score (nSPS) is 12.2. The summed E-state index contributed by atoms with van der Waals surface area (Å²) >= 11 is 0. The van der Waals surface area contributed by atoms with Gasteiger partial charge in [-0.05, 0) is 43.3 Å². The number of anilines is 1. The number of hydrogen-bond donors (Lipinski definition) is 4. The van der Waals surface area contributed by atoms with Crippen molar-refractivity contribution >= 4 is 5.69 Å². The molecule has 1 unspecified atom stereocenters. The van der Waals surface area contributed by atoms with Gasteiger partial charge in [-0.2, -0.15) is 0 Å². The lowest BCUT2D eigenvalue weighted by Gasteiger charge is -2.15. The standard InChI is InChI=1S/C15H17NO4/c1-10-2-6-12(7-3-10)20-13-8-4-11(5-9-13)16-14(17)15(18)19/h2-9,14-19H,1H3. The Labute approximate surface area is 117 Å². The van der Waals surface area contributed by atoms with Gasteiger partial charge in [0, 0.05) is 5.69 Å². The zero-order valence-electron chi connectivity index (χ0n) is 11.0. The molecule has 5 heteroatoms. The van der Waals surface area contributed by atoms with Gasteiger partial charge in [0.2, 0.25) is 0 Å². The monoisotopic (exact) mass is 275 g/mol. The Morgan fingerprint density at radius 2 is 1.35 bits per heavy atom. The number of benzene rings is 2. The van der Waals surface area contributed by atoms with E-state index in [1.165, 1.54) is 0 Å². The van der Waals surface area contributed by atoms with Gasteiger partial charge in [0.05, 0.1) is 0 Å². The minimum absolute atomic E-state index is 0.557. The summed E-state index contributed by atoms with van der Waals surface area (Å²) in [6.45, 7) is 2.01. The molecular formula is C15H17NO4. The van der Waals surface area contributed by atoms with E-state index >= 15 is 0 Å². The van der Waals surface area contributed by atoms with E-state index in [1.807, 2.05) is 31.2 Å². The van der Waals surface area contributed by atoms with Crippen LogP contribution in [-0.4, -0.2) is 27.8 Å². The van der Waals surface area contributed by atoms with Crippen LogP contribution in [0.15, 0.2) is 48.5 Å². The fraction of sp³-hybridized carbons (Fsp3) is 0.200. The highest BCUT2D eigenvalue weighted by atomic mass is 16.5. The van der Waals surface area contributed by atoms with Gasteiger partial charge in [0.1, 0.15) is 11.5 Å². The molecule has 0 aliphatic heterocycles. The summed E-state index contributed by atoms with van der Waals surface area (Å²) < 4.78 is 5.65. The number of rotatable bonds is 5. The molecule has 2 rings (SSSR count). The number of aryl methyl sites for hydroxylation is 1. The Balaban J connectivity index is 1.99. The Bertz CT molecular complexity index is 537. The predicted octanol–water partition coefficient (Wildman–Crippen LogP) is 1.83. The second-order valence-corrected chi connectivity index (χ2v) is 4.44. The van der Waals surface area contributed by atoms with Crippen LogP contribution >= 0.6 is 0 Å². The molecule has 1 atom stereocenters. The maximum absolute atomic E-state index is 9.27. The van der Waals surface area contributed by atoms with Crippen molar-refractivity contribution in [2.24, 2.45) is 0 Å². The third kappa shape index (κ3) is 3.96. The maximum Gasteiger partial charge on any atom is 0.197 e. The first kappa shape index (κ1) is 14.3. The summed E-state index contributed by atoms with van der Waals surface area (Å²) in [5, 5.41) is 29.4. The molecule has 0 amide bonds. The van der Waals surface area contributed by atoms with Crippen LogP contribution in [0, 0.1) is 6.92 Å². The molecule has 106 valence electrons. The summed E-state index contributed by atoms with van der Waals surface area (Å²) in [6.07, 6.45) is -3.27. The van der Waals surface area contributed by atoms with E-state index < -0.39 is 12.5 Å². The number of aliphatic hydroxyl groups is 3. The lowest BCUT2D eigenvalue weighted by molar-refractivity contribution is -0.111. The largest absolute Gasteiger partial charge is 0.457 e. The minimum atomic E-state index is -1.83. The van der Waals surface area contributed by atoms with Crippen LogP contribution in [0.5, 0.6) is 11.5 Å². The second-order valence-electron chi connectivity index (χ2n) is 4.44. The van der Waals surface area contributed by atoms with Crippen LogP contribution in [0.2, 0.25) is 0 Å². The van der Waals surface area contributed by atoms with E-state index in [1.54, 1.807) is 24.3 Å². The van der Waals surface area contributed by atoms with Crippen molar-refractivity contribution in [1.29, 1.82) is 0 Å². The smallest absolute Gasteiger partial charge is 0.197 e. The molecule has 0 spiro atoms. The van der Waals surface area contributed by atoms with Crippen LogP contribution in [0.3, 0.4) is 0 Å². The SMILES string of the molecule is Cc1ccc(Oc2ccc(NC(O)C(O)O)cc2)cc1. The van der Waals surface area contributed by atoms with Crippen LogP contribution in [0.1, 0.15) is 5.56 Å². The van der Waals surface area contributed by atoms with Crippen molar-refractivity contribution in [2.75, 3.05) is 5.32 Å². The summed E-state index contributed by atoms with van der Waals surface area (Å²) in [7, 11) is 0. The van der Waals surface area contributed by atoms with Gasteiger partial charge >= 0.3 is 0 Å². The van der Waals surface area contributed by atoms with Crippen molar-refractivity contribution in [3.8, 4) is 11.5 Å². The Hall–Kier alpha value is -2.08. The summed E-state index contributed by atoms with van der Waals surface area (Å²) in [5.41, 5.74) is 1.72. The summed E-state index contributed by atoms with van der Waals surface area (Å²) in [4.78, 5) is 0. The van der Waals surface area contributed by atoms with Crippen molar-refractivity contribution in [2.45, 2.75) is 19.4 Å². The molecule has 0 radical (unpaired) electrons. The molecule has 0 saturated heterocycles. The summed E-state index contributed by atoms with van der Waals surface area (Å²) in [5.74, 6) is 1.39. The van der Waals surface area contributed by atoms with Gasteiger partial charge in [-0.15, -0.1) is 0 Å². The van der Waals surface area contributed by atoms with Crippen LogP contribution in [0.4, 0.5) is 5.69 Å². The van der Waals surface area contributed by atoms with Crippen molar-refractivity contribution in [3.63, 3.8) is 0 Å². The van der Waals surface area contributed by atoms with E-state index in [0.717, 1.165) is 11.3 Å². The predicted molar refractivity (Wildman–Crippen MR) is 75.6 cm³/mol. The molecule has 2 aromatic rings. The zero-order valence-corrected chi connectivity index (χ0v) is 11.0. The number of nitrogens with one attached hydrogen (secondary N) is 1. The number of aliphatic hydroxyl groups excluding tert-OH is 2. The first-order valence-corrected chi connectivity index (χ1v) is 6.20. The molecule has 0 heterocycles. The first-order valence-electron chi connectivity index (χ1n) is 6.20. The first-order chi connectivity index (χ1) is 9.54. The average molecular weight is 275 g/mol. The topological polar surface area (TPSA) is 82.0 Å². The van der Waals surface area contributed by atoms with E-state index in [0.29, 0.717) is 11.4 Å². The number of ether oxygens (including phenoxy) is 1. The van der Waals surface area contributed by atoms with Gasteiger partial charge < -0.3 is 25.4 Å². The molecule has 2 aromatic carbocycles. The molecule has 0 aliphatic carbocycles. The second kappa shape index (κ2) is 6.38. The average Bonchev–Trinajstić information content (AvgIpc) is 2.43. The maximum atomic E-state index is 9.27. The molecule has 5 nitrogen and oxygen atoms in total. The lowest BCUT2D eigenvalue weighted by atomic mass is 10.2. The van der Waals surface area contributed by atoms with E-state index in [4.69, 9.17) is 14.9 Å². The van der Waals surface area contributed by atoms with Gasteiger partial charge in [-0.3, -0.25) is 0 Å². The van der Waals surface area contributed by atoms with Crippen molar-refractivity contribution in [1.82, 2.24) is 0 Å². The highest BCUT2D eigenvalue weighted by molar-refractivity contribution is 5.47. The van der Waals surface area contributed by atoms with Crippen LogP contribution in [0.25, 0.3) is 0 Å². The highest BCUT2D eigenvalue weighted by Gasteiger charge is 2.11. The van der Waals surface area contributed by atoms with Crippen molar-refractivity contribution < 1.29 is 20.1 Å². The molecule has 0 aromatic heterocycles. The third-order valence-corrected chi connectivity index (χ3v) is 2.71. The quantitative estimate of drug-likeness (QED) is 0.626. The zero-order chi connectivity index (χ0) is 14.5.